The fourth-order valence-electron chi connectivity index (χ4n) is 1.25. The number of halogens is 2. The van der Waals surface area contributed by atoms with E-state index in [1.165, 1.54) is 11.8 Å². The molecule has 0 aliphatic heterocycles. The molecule has 0 aliphatic carbocycles. The lowest BCUT2D eigenvalue weighted by atomic mass is 10.3. The van der Waals surface area contributed by atoms with Gasteiger partial charge in [0, 0.05) is 10.5 Å². The molecule has 6 heteroatoms. The van der Waals surface area contributed by atoms with Gasteiger partial charge >= 0.3 is 0 Å². The normalized spacial score (nSPS) is 10.3. The van der Waals surface area contributed by atoms with E-state index < -0.39 is 0 Å². The van der Waals surface area contributed by atoms with Crippen LogP contribution in [-0.2, 0) is 0 Å². The maximum Gasteiger partial charge on any atom is 0.190 e. The zero-order valence-corrected chi connectivity index (χ0v) is 12.1. The molecule has 1 N–H and O–H groups in total. The largest absolute Gasteiger partial charge is 0.339 e. The van der Waals surface area contributed by atoms with Gasteiger partial charge in [-0.3, -0.25) is 0 Å². The molecule has 0 saturated heterocycles. The van der Waals surface area contributed by atoms with Crippen LogP contribution >= 0.6 is 39.3 Å². The summed E-state index contributed by atoms with van der Waals surface area (Å²) in [6.07, 6.45) is 1.91. The van der Waals surface area contributed by atoms with Crippen LogP contribution in [0.4, 0.5) is 11.5 Å². The number of hydrogen-bond acceptors (Lipinski definition) is 4. The Balaban J connectivity index is 2.30. The van der Waals surface area contributed by atoms with E-state index in [0.29, 0.717) is 16.1 Å². The number of nitrogens with zero attached hydrogens (tertiary/aromatic N) is 2. The SMILES string of the molecule is CSc1nc(Cl)cc(Nc2ccccc2Br)n1. The Morgan fingerprint density at radius 2 is 2.06 bits per heavy atom. The highest BCUT2D eigenvalue weighted by atomic mass is 79.9. The van der Waals surface area contributed by atoms with Crippen LogP contribution in [0, 0.1) is 0 Å². The fraction of sp³-hybridized carbons (Fsp3) is 0.0909. The topological polar surface area (TPSA) is 37.8 Å². The van der Waals surface area contributed by atoms with Crippen LogP contribution in [0.5, 0.6) is 0 Å². The third-order valence-electron chi connectivity index (χ3n) is 1.99. The molecule has 1 heterocycles. The molecule has 0 atom stereocenters. The number of hydrogen-bond donors (Lipinski definition) is 1. The lowest BCUT2D eigenvalue weighted by molar-refractivity contribution is 0.976. The summed E-state index contributed by atoms with van der Waals surface area (Å²) >= 11 is 10.8. The van der Waals surface area contributed by atoms with E-state index in [1.54, 1.807) is 6.07 Å². The lowest BCUT2D eigenvalue weighted by Gasteiger charge is -2.08. The summed E-state index contributed by atoms with van der Waals surface area (Å²) in [6, 6.07) is 9.51. The summed E-state index contributed by atoms with van der Waals surface area (Å²) in [5.41, 5.74) is 0.939. The van der Waals surface area contributed by atoms with Crippen molar-refractivity contribution in [2.75, 3.05) is 11.6 Å². The maximum absolute atomic E-state index is 5.92. The molecule has 0 radical (unpaired) electrons. The second-order valence-electron chi connectivity index (χ2n) is 3.17. The van der Waals surface area contributed by atoms with Crippen molar-refractivity contribution in [3.8, 4) is 0 Å². The van der Waals surface area contributed by atoms with Crippen LogP contribution in [0.2, 0.25) is 5.15 Å². The van der Waals surface area contributed by atoms with Crippen molar-refractivity contribution in [3.63, 3.8) is 0 Å². The number of anilines is 2. The minimum Gasteiger partial charge on any atom is -0.339 e. The predicted octanol–water partition coefficient (Wildman–Crippen LogP) is 4.36. The lowest BCUT2D eigenvalue weighted by Crippen LogP contribution is -1.97. The van der Waals surface area contributed by atoms with Crippen molar-refractivity contribution in [2.45, 2.75) is 5.16 Å². The van der Waals surface area contributed by atoms with Gasteiger partial charge in [0.05, 0.1) is 5.69 Å². The van der Waals surface area contributed by atoms with Gasteiger partial charge in [-0.25, -0.2) is 9.97 Å². The molecule has 0 fully saturated rings. The number of benzene rings is 1. The minimum atomic E-state index is 0.430. The van der Waals surface area contributed by atoms with Gasteiger partial charge < -0.3 is 5.32 Å². The second kappa shape index (κ2) is 5.71. The number of aromatic nitrogens is 2. The van der Waals surface area contributed by atoms with Gasteiger partial charge in [-0.2, -0.15) is 0 Å². The van der Waals surface area contributed by atoms with Crippen LogP contribution in [0.1, 0.15) is 0 Å². The molecule has 0 spiro atoms. The smallest absolute Gasteiger partial charge is 0.190 e. The first-order valence-corrected chi connectivity index (χ1v) is 7.19. The minimum absolute atomic E-state index is 0.430. The molecule has 0 bridgehead atoms. The van der Waals surface area contributed by atoms with Crippen molar-refractivity contribution in [1.82, 2.24) is 9.97 Å². The number of thioether (sulfide) groups is 1. The van der Waals surface area contributed by atoms with Gasteiger partial charge in [-0.1, -0.05) is 35.5 Å². The van der Waals surface area contributed by atoms with Crippen LogP contribution in [0.25, 0.3) is 0 Å². The predicted molar refractivity (Wildman–Crippen MR) is 76.2 cm³/mol. The average molecular weight is 331 g/mol. The summed E-state index contributed by atoms with van der Waals surface area (Å²) in [5.74, 6) is 0.682. The Kier molecular flexibility index (Phi) is 4.25. The Morgan fingerprint density at radius 3 is 2.76 bits per heavy atom. The number of rotatable bonds is 3. The van der Waals surface area contributed by atoms with E-state index >= 15 is 0 Å². The Morgan fingerprint density at radius 1 is 1.29 bits per heavy atom. The molecule has 2 rings (SSSR count). The highest BCUT2D eigenvalue weighted by molar-refractivity contribution is 9.10. The van der Waals surface area contributed by atoms with Gasteiger partial charge in [-0.15, -0.1) is 0 Å². The van der Waals surface area contributed by atoms with Gasteiger partial charge in [0.25, 0.3) is 0 Å². The Bertz CT molecular complexity index is 536. The Labute approximate surface area is 117 Å². The average Bonchev–Trinajstić information content (AvgIpc) is 2.31. The van der Waals surface area contributed by atoms with Gasteiger partial charge in [-0.05, 0) is 34.3 Å². The highest BCUT2D eigenvalue weighted by Crippen LogP contribution is 2.26. The quantitative estimate of drug-likeness (QED) is 0.515. The number of nitrogens with one attached hydrogen (secondary N) is 1. The van der Waals surface area contributed by atoms with Crippen molar-refractivity contribution in [1.29, 1.82) is 0 Å². The van der Waals surface area contributed by atoms with Crippen LogP contribution in [0.15, 0.2) is 40.0 Å². The summed E-state index contributed by atoms with van der Waals surface area (Å²) < 4.78 is 0.973. The van der Waals surface area contributed by atoms with Crippen molar-refractivity contribution in [2.24, 2.45) is 0 Å². The zero-order valence-electron chi connectivity index (χ0n) is 8.95. The molecule has 17 heavy (non-hydrogen) atoms. The van der Waals surface area contributed by atoms with Crippen LogP contribution < -0.4 is 5.32 Å². The molecule has 1 aromatic carbocycles. The van der Waals surface area contributed by atoms with Gasteiger partial charge in [0.1, 0.15) is 11.0 Å². The first-order valence-electron chi connectivity index (χ1n) is 4.79. The third kappa shape index (κ3) is 3.34. The molecule has 3 nitrogen and oxygen atoms in total. The van der Waals surface area contributed by atoms with Gasteiger partial charge in [0.2, 0.25) is 0 Å². The molecule has 0 saturated carbocycles. The van der Waals surface area contributed by atoms with E-state index in [2.05, 4.69) is 31.2 Å². The zero-order chi connectivity index (χ0) is 12.3. The van der Waals surface area contributed by atoms with Crippen molar-refractivity contribution >= 4 is 50.8 Å². The first-order chi connectivity index (χ1) is 8.19. The standard InChI is InChI=1S/C11H9BrClN3S/c1-17-11-15-9(13)6-10(16-11)14-8-5-3-2-4-7(8)12/h2-6H,1H3,(H,14,15,16). The van der Waals surface area contributed by atoms with E-state index in [1.807, 2.05) is 30.5 Å². The van der Waals surface area contributed by atoms with Crippen molar-refractivity contribution in [3.05, 3.63) is 40.0 Å². The molecule has 0 aliphatic rings. The van der Waals surface area contributed by atoms with E-state index in [-0.39, 0.29) is 0 Å². The van der Waals surface area contributed by atoms with E-state index in [0.717, 1.165) is 10.2 Å². The molecule has 0 unspecified atom stereocenters. The second-order valence-corrected chi connectivity index (χ2v) is 5.18. The van der Waals surface area contributed by atoms with Crippen LogP contribution in [-0.4, -0.2) is 16.2 Å². The molecular weight excluding hydrogens is 322 g/mol. The third-order valence-corrected chi connectivity index (χ3v) is 3.43. The summed E-state index contributed by atoms with van der Waals surface area (Å²) in [5, 5.41) is 4.27. The molecular formula is C11H9BrClN3S. The summed E-state index contributed by atoms with van der Waals surface area (Å²) in [7, 11) is 0. The highest BCUT2D eigenvalue weighted by Gasteiger charge is 2.04. The van der Waals surface area contributed by atoms with Gasteiger partial charge in [0.15, 0.2) is 5.16 Å². The first kappa shape index (κ1) is 12.7. The molecule has 2 aromatic rings. The van der Waals surface area contributed by atoms with Crippen molar-refractivity contribution < 1.29 is 0 Å². The summed E-state index contributed by atoms with van der Waals surface area (Å²) in [6.45, 7) is 0. The maximum atomic E-state index is 5.92. The molecule has 88 valence electrons. The summed E-state index contributed by atoms with van der Waals surface area (Å²) in [4.78, 5) is 8.41. The fourth-order valence-corrected chi connectivity index (χ4v) is 2.25. The molecule has 0 amide bonds. The number of para-hydroxylation sites is 1. The van der Waals surface area contributed by atoms with E-state index in [4.69, 9.17) is 11.6 Å². The van der Waals surface area contributed by atoms with Crippen LogP contribution in [0.3, 0.4) is 0 Å². The monoisotopic (exact) mass is 329 g/mol. The Hall–Kier alpha value is -0.780. The van der Waals surface area contributed by atoms with E-state index in [9.17, 15) is 0 Å². The molecule has 1 aromatic heterocycles.